The van der Waals surface area contributed by atoms with Crippen molar-refractivity contribution in [1.29, 1.82) is 0 Å². The molecule has 5 heteroatoms. The molecule has 3 heterocycles. The minimum atomic E-state index is 0.402. The summed E-state index contributed by atoms with van der Waals surface area (Å²) in [5.41, 5.74) is 7.01. The van der Waals surface area contributed by atoms with Gasteiger partial charge in [-0.3, -0.25) is 4.98 Å². The zero-order valence-electron chi connectivity index (χ0n) is 20.2. The molecule has 3 aromatic rings. The molecule has 1 aromatic carbocycles. The van der Waals surface area contributed by atoms with Crippen LogP contribution in [0.4, 0.5) is 0 Å². The Bertz CT molecular complexity index is 1030. The Hall–Kier alpha value is -2.37. The fraction of sp³-hybridized carbons (Fsp3) is 0.519. The summed E-state index contributed by atoms with van der Waals surface area (Å²) in [5.74, 6) is 1.99. The van der Waals surface area contributed by atoms with Gasteiger partial charge in [-0.2, -0.15) is 0 Å². The lowest BCUT2D eigenvalue weighted by Crippen LogP contribution is -2.37. The summed E-state index contributed by atoms with van der Waals surface area (Å²) in [6.45, 7) is 13.6. The van der Waals surface area contributed by atoms with E-state index >= 15 is 0 Å². The highest BCUT2D eigenvalue weighted by Crippen LogP contribution is 2.37. The van der Waals surface area contributed by atoms with Gasteiger partial charge in [-0.25, -0.2) is 0 Å². The van der Waals surface area contributed by atoms with Gasteiger partial charge < -0.3 is 19.4 Å². The molecule has 0 bridgehead atoms. The number of rotatable bonds is 8. The van der Waals surface area contributed by atoms with Crippen LogP contribution in [0.5, 0.6) is 5.75 Å². The van der Waals surface area contributed by atoms with E-state index in [0.717, 1.165) is 55.5 Å². The summed E-state index contributed by atoms with van der Waals surface area (Å²) in [6.07, 6.45) is 2.39. The van der Waals surface area contributed by atoms with Gasteiger partial charge in [0.05, 0.1) is 18.9 Å². The van der Waals surface area contributed by atoms with Gasteiger partial charge in [-0.05, 0) is 87.5 Å². The predicted molar refractivity (Wildman–Crippen MR) is 132 cm³/mol. The Balaban J connectivity index is 1.51. The second-order valence-corrected chi connectivity index (χ2v) is 9.50. The Kier molecular flexibility index (Phi) is 7.17. The Morgan fingerprint density at radius 3 is 2.47 bits per heavy atom. The van der Waals surface area contributed by atoms with Gasteiger partial charge >= 0.3 is 0 Å². The van der Waals surface area contributed by atoms with Crippen molar-refractivity contribution in [2.45, 2.75) is 46.5 Å². The first-order valence-electron chi connectivity index (χ1n) is 11.9. The number of pyridine rings is 1. The molecule has 1 fully saturated rings. The van der Waals surface area contributed by atoms with Crippen LogP contribution in [0.15, 0.2) is 30.3 Å². The molecule has 1 aliphatic rings. The van der Waals surface area contributed by atoms with Crippen molar-refractivity contribution in [3.63, 3.8) is 0 Å². The average molecular weight is 436 g/mol. The molecule has 1 saturated heterocycles. The molecule has 0 unspecified atom stereocenters. The quantitative estimate of drug-likeness (QED) is 0.493. The molecule has 0 saturated carbocycles. The van der Waals surface area contributed by atoms with E-state index in [1.54, 1.807) is 7.11 Å². The van der Waals surface area contributed by atoms with Crippen LogP contribution in [0.1, 0.15) is 49.6 Å². The van der Waals surface area contributed by atoms with Crippen LogP contribution in [-0.2, 0) is 4.74 Å². The minimum absolute atomic E-state index is 0.402. The zero-order chi connectivity index (χ0) is 22.7. The normalized spacial score (nSPS) is 15.7. The van der Waals surface area contributed by atoms with Gasteiger partial charge in [-0.15, -0.1) is 0 Å². The van der Waals surface area contributed by atoms with Gasteiger partial charge in [0.1, 0.15) is 5.75 Å². The lowest BCUT2D eigenvalue weighted by molar-refractivity contribution is 0.105. The second-order valence-electron chi connectivity index (χ2n) is 9.50. The summed E-state index contributed by atoms with van der Waals surface area (Å²) >= 11 is 0. The number of nitrogens with one attached hydrogen (secondary N) is 1. The highest BCUT2D eigenvalue weighted by molar-refractivity contribution is 5.92. The molecule has 32 heavy (non-hydrogen) atoms. The van der Waals surface area contributed by atoms with Crippen LogP contribution in [0.2, 0.25) is 0 Å². The van der Waals surface area contributed by atoms with E-state index in [4.69, 9.17) is 9.47 Å². The maximum atomic E-state index is 6.29. The smallest absolute Gasteiger partial charge is 0.120 e. The topological polar surface area (TPSA) is 50.4 Å². The first-order valence-corrected chi connectivity index (χ1v) is 11.9. The molecular formula is C27H37N3O2. The molecule has 1 aliphatic heterocycles. The van der Waals surface area contributed by atoms with Gasteiger partial charge in [0.15, 0.2) is 0 Å². The van der Waals surface area contributed by atoms with Crippen molar-refractivity contribution >= 4 is 10.9 Å². The standard InChI is InChI=1S/C27H37N3O2/c1-18(2)26-24-16-23(32-17-21-8-10-30(11-9-21)12-13-31-5)6-7-25(24)29-27(26)22-14-19(3)28-20(4)15-22/h6-7,14-16,18,21,29H,8-13,17H2,1-5H3. The number of ether oxygens (including phenoxy) is 2. The molecule has 172 valence electrons. The predicted octanol–water partition coefficient (Wildman–Crippen LogP) is 5.71. The molecule has 5 nitrogen and oxygen atoms in total. The number of hydrogen-bond acceptors (Lipinski definition) is 4. The molecule has 0 amide bonds. The highest BCUT2D eigenvalue weighted by atomic mass is 16.5. The van der Waals surface area contributed by atoms with Crippen LogP contribution in [0.25, 0.3) is 22.2 Å². The number of benzene rings is 1. The summed E-state index contributed by atoms with van der Waals surface area (Å²) in [6, 6.07) is 10.8. The summed E-state index contributed by atoms with van der Waals surface area (Å²) in [5, 5.41) is 1.26. The lowest BCUT2D eigenvalue weighted by Gasteiger charge is -2.31. The summed E-state index contributed by atoms with van der Waals surface area (Å²) in [7, 11) is 1.77. The zero-order valence-corrected chi connectivity index (χ0v) is 20.2. The van der Waals surface area contributed by atoms with Crippen LogP contribution >= 0.6 is 0 Å². The SMILES string of the molecule is COCCN1CCC(COc2ccc3[nH]c(-c4cc(C)nc(C)c4)c(C(C)C)c3c2)CC1. The number of fused-ring (bicyclic) bond motifs is 1. The largest absolute Gasteiger partial charge is 0.493 e. The van der Waals surface area contributed by atoms with Crippen LogP contribution in [-0.4, -0.2) is 54.8 Å². The van der Waals surface area contributed by atoms with Gasteiger partial charge in [0, 0.05) is 41.5 Å². The fourth-order valence-corrected chi connectivity index (χ4v) is 4.90. The molecule has 0 aliphatic carbocycles. The fourth-order valence-electron chi connectivity index (χ4n) is 4.90. The Labute approximate surface area is 192 Å². The molecule has 0 radical (unpaired) electrons. The van der Waals surface area contributed by atoms with Gasteiger partial charge in [0.2, 0.25) is 0 Å². The number of likely N-dealkylation sites (tertiary alicyclic amines) is 1. The van der Waals surface area contributed by atoms with Crippen molar-refractivity contribution in [1.82, 2.24) is 14.9 Å². The van der Waals surface area contributed by atoms with Crippen molar-refractivity contribution < 1.29 is 9.47 Å². The first kappa shape index (κ1) is 22.8. The minimum Gasteiger partial charge on any atom is -0.493 e. The average Bonchev–Trinajstić information content (AvgIpc) is 3.15. The third kappa shape index (κ3) is 5.16. The molecule has 0 spiro atoms. The number of methoxy groups -OCH3 is 1. The second kappa shape index (κ2) is 10.1. The van der Waals surface area contributed by atoms with Crippen molar-refractivity contribution in [2.24, 2.45) is 5.92 Å². The number of H-pyrrole nitrogens is 1. The van der Waals surface area contributed by atoms with Crippen LogP contribution in [0.3, 0.4) is 0 Å². The van der Waals surface area contributed by atoms with E-state index in [1.807, 2.05) is 0 Å². The first-order chi connectivity index (χ1) is 15.4. The maximum Gasteiger partial charge on any atom is 0.120 e. The Morgan fingerprint density at radius 2 is 1.81 bits per heavy atom. The number of nitrogens with zero attached hydrogens (tertiary/aromatic N) is 2. The van der Waals surface area contributed by atoms with Crippen molar-refractivity contribution in [3.8, 4) is 17.0 Å². The van der Waals surface area contributed by atoms with Gasteiger partial charge in [-0.1, -0.05) is 13.8 Å². The number of aromatic amines is 1. The van der Waals surface area contributed by atoms with E-state index in [-0.39, 0.29) is 0 Å². The van der Waals surface area contributed by atoms with Gasteiger partial charge in [0.25, 0.3) is 0 Å². The number of aryl methyl sites for hydroxylation is 2. The van der Waals surface area contributed by atoms with E-state index in [0.29, 0.717) is 11.8 Å². The summed E-state index contributed by atoms with van der Waals surface area (Å²) in [4.78, 5) is 10.7. The van der Waals surface area contributed by atoms with E-state index < -0.39 is 0 Å². The number of hydrogen-bond donors (Lipinski definition) is 1. The highest BCUT2D eigenvalue weighted by Gasteiger charge is 2.20. The number of piperidine rings is 1. The molecule has 4 rings (SSSR count). The molecule has 1 N–H and O–H groups in total. The third-order valence-electron chi connectivity index (χ3n) is 6.56. The van der Waals surface area contributed by atoms with Crippen molar-refractivity contribution in [2.75, 3.05) is 40.0 Å². The molecule has 0 atom stereocenters. The molecular weight excluding hydrogens is 398 g/mol. The maximum absolute atomic E-state index is 6.29. The third-order valence-corrected chi connectivity index (χ3v) is 6.56. The van der Waals surface area contributed by atoms with E-state index in [2.05, 4.69) is 72.9 Å². The Morgan fingerprint density at radius 1 is 1.09 bits per heavy atom. The van der Waals surface area contributed by atoms with Crippen LogP contribution < -0.4 is 4.74 Å². The van der Waals surface area contributed by atoms with E-state index in [9.17, 15) is 0 Å². The summed E-state index contributed by atoms with van der Waals surface area (Å²) < 4.78 is 11.5. The van der Waals surface area contributed by atoms with Crippen LogP contribution in [0, 0.1) is 19.8 Å². The molecule has 2 aromatic heterocycles. The lowest BCUT2D eigenvalue weighted by atomic mass is 9.95. The number of aromatic nitrogens is 2. The van der Waals surface area contributed by atoms with E-state index in [1.165, 1.54) is 35.0 Å². The monoisotopic (exact) mass is 435 g/mol. The van der Waals surface area contributed by atoms with Crippen molar-refractivity contribution in [3.05, 3.63) is 47.3 Å².